The topological polar surface area (TPSA) is 186 Å². The zero-order chi connectivity index (χ0) is 39.2. The average Bonchev–Trinajstić information content (AvgIpc) is 4.01. The molecule has 6 rings (SSSR count). The van der Waals surface area contributed by atoms with Crippen molar-refractivity contribution in [2.24, 2.45) is 16.5 Å². The second-order valence-corrected chi connectivity index (χ2v) is 18.5. The smallest absolute Gasteiger partial charge is 0.408 e. The molecule has 3 aromatic rings. The first-order valence-electron chi connectivity index (χ1n) is 18.2. The second-order valence-electron chi connectivity index (χ2n) is 16.5. The number of carbonyl (C=O) groups excluding carboxylic acids is 4. The number of nitrogens with one attached hydrogen (secondary N) is 3. The Bertz CT molecular complexity index is 2110. The van der Waals surface area contributed by atoms with Gasteiger partial charge in [-0.1, -0.05) is 56.3 Å². The summed E-state index contributed by atoms with van der Waals surface area (Å²) in [6, 6.07) is 12.5. The molecular weight excluding hydrogens is 715 g/mol. The molecule has 5 atom stereocenters. The molecule has 1 aromatic heterocycles. The molecule has 2 heterocycles. The van der Waals surface area contributed by atoms with Crippen LogP contribution in [0.5, 0.6) is 0 Å². The van der Waals surface area contributed by atoms with Gasteiger partial charge in [0.15, 0.2) is 0 Å². The molecule has 1 saturated heterocycles. The monoisotopic (exact) mass is 763 g/mol. The average molecular weight is 764 g/mol. The van der Waals surface area contributed by atoms with Crippen LogP contribution in [-0.4, -0.2) is 78.3 Å². The highest BCUT2D eigenvalue weighted by molar-refractivity contribution is 7.91. The summed E-state index contributed by atoms with van der Waals surface area (Å²) < 4.78 is 39.3. The third-order valence-electron chi connectivity index (χ3n) is 9.93. The van der Waals surface area contributed by atoms with E-state index >= 15 is 0 Å². The maximum absolute atomic E-state index is 14.5. The molecule has 0 radical (unpaired) electrons. The molecule has 0 unspecified atom stereocenters. The number of nitrogens with zero attached hydrogens (tertiary/aromatic N) is 2. The highest BCUT2D eigenvalue weighted by atomic mass is 32.2. The summed E-state index contributed by atoms with van der Waals surface area (Å²) in [7, 11) is -3.91. The quantitative estimate of drug-likeness (QED) is 0.145. The first-order chi connectivity index (χ1) is 25.3. The Morgan fingerprint density at radius 3 is 2.19 bits per heavy atom. The van der Waals surface area contributed by atoms with Crippen LogP contribution in [0.25, 0.3) is 21.9 Å². The number of para-hydroxylation sites is 2. The zero-order valence-corrected chi connectivity index (χ0v) is 32.3. The van der Waals surface area contributed by atoms with Gasteiger partial charge in [-0.05, 0) is 82.1 Å². The van der Waals surface area contributed by atoms with Gasteiger partial charge in [0.2, 0.25) is 21.8 Å². The predicted molar refractivity (Wildman–Crippen MR) is 201 cm³/mol. The van der Waals surface area contributed by atoms with Crippen molar-refractivity contribution >= 4 is 55.8 Å². The third kappa shape index (κ3) is 8.25. The molecule has 4 amide bonds. The fraction of sp³-hybridized carbons (Fsp3) is 0.513. The Kier molecular flexibility index (Phi) is 10.3. The number of sulfonamides is 1. The van der Waals surface area contributed by atoms with Gasteiger partial charge in [0.05, 0.1) is 11.8 Å². The molecule has 3 aliphatic rings. The number of alkyl carbamates (subject to hydrolysis) is 1. The molecule has 3 N–H and O–H groups in total. The second kappa shape index (κ2) is 14.4. The number of hydrogen-bond acceptors (Lipinski definition) is 10. The van der Waals surface area contributed by atoms with E-state index in [4.69, 9.17) is 14.0 Å². The lowest BCUT2D eigenvalue weighted by molar-refractivity contribution is -0.143. The molecule has 2 aromatic carbocycles. The summed E-state index contributed by atoms with van der Waals surface area (Å²) in [4.78, 5) is 63.0. The summed E-state index contributed by atoms with van der Waals surface area (Å²) in [5.41, 5.74) is -2.00. The van der Waals surface area contributed by atoms with Gasteiger partial charge in [0.1, 0.15) is 45.9 Å². The van der Waals surface area contributed by atoms with Crippen LogP contribution >= 0.6 is 0 Å². The van der Waals surface area contributed by atoms with Crippen molar-refractivity contribution in [2.75, 3.05) is 6.54 Å². The Morgan fingerprint density at radius 2 is 1.63 bits per heavy atom. The van der Waals surface area contributed by atoms with Crippen LogP contribution in [0.1, 0.15) is 73.6 Å². The number of amides is 4. The Hall–Kier alpha value is -4.92. The first-order valence-corrected chi connectivity index (χ1v) is 19.8. The highest BCUT2D eigenvalue weighted by Gasteiger charge is 2.62. The summed E-state index contributed by atoms with van der Waals surface area (Å²) in [5.74, 6) is -2.45. The van der Waals surface area contributed by atoms with Crippen LogP contribution < -0.4 is 20.7 Å². The molecule has 2 saturated carbocycles. The number of allylic oxidation sites excluding steroid dienone is 1. The van der Waals surface area contributed by atoms with Crippen LogP contribution in [-0.2, 0) is 34.0 Å². The largest absolute Gasteiger partial charge is 0.456 e. The Morgan fingerprint density at radius 1 is 1.02 bits per heavy atom. The van der Waals surface area contributed by atoms with Crippen molar-refractivity contribution in [3.63, 3.8) is 0 Å². The molecular formula is C39H49N5O9S. The SMILES string of the molecule is C=CC[C@@H]1C[C@]1(NC(=O)[C@@H]1C[C@@H](ON=c2c3ccccc3oc3ccccc23)CN1C(=O)[C@@H](NC(=O)OC(C)(C)C)C(C)(C)C)C(=O)NS(=O)(=O)C1CC1. The summed E-state index contributed by atoms with van der Waals surface area (Å²) in [6.45, 7) is 14.1. The van der Waals surface area contributed by atoms with Crippen molar-refractivity contribution < 1.29 is 41.6 Å². The van der Waals surface area contributed by atoms with Crippen molar-refractivity contribution in [1.82, 2.24) is 20.3 Å². The van der Waals surface area contributed by atoms with Crippen molar-refractivity contribution in [3.05, 3.63) is 66.5 Å². The van der Waals surface area contributed by atoms with Gasteiger partial charge < -0.3 is 29.5 Å². The lowest BCUT2D eigenvalue weighted by Gasteiger charge is -2.36. The highest BCUT2D eigenvalue weighted by Crippen LogP contribution is 2.47. The van der Waals surface area contributed by atoms with Crippen molar-refractivity contribution in [3.8, 4) is 0 Å². The van der Waals surface area contributed by atoms with Crippen LogP contribution in [0, 0.1) is 11.3 Å². The number of likely N-dealkylation sites (tertiary alicyclic amines) is 1. The minimum atomic E-state index is -3.91. The van der Waals surface area contributed by atoms with E-state index in [1.807, 2.05) is 48.5 Å². The number of hydrogen-bond donors (Lipinski definition) is 3. The molecule has 2 aliphatic carbocycles. The first kappa shape index (κ1) is 38.8. The van der Waals surface area contributed by atoms with Crippen LogP contribution in [0.15, 0.2) is 70.8 Å². The maximum atomic E-state index is 14.5. The number of ether oxygens (including phenoxy) is 1. The normalized spacial score (nSPS) is 23.3. The molecule has 0 spiro atoms. The number of carbonyl (C=O) groups is 4. The van der Waals surface area contributed by atoms with Gasteiger partial charge in [-0.2, -0.15) is 0 Å². The van der Waals surface area contributed by atoms with Gasteiger partial charge in [0, 0.05) is 17.2 Å². The molecule has 0 bridgehead atoms. The molecule has 14 nitrogen and oxygen atoms in total. The summed E-state index contributed by atoms with van der Waals surface area (Å²) in [6.07, 6.45) is 1.47. The Balaban J connectivity index is 1.33. The van der Waals surface area contributed by atoms with E-state index in [1.165, 1.54) is 4.90 Å². The van der Waals surface area contributed by atoms with Crippen molar-refractivity contribution in [2.45, 2.75) is 108 Å². The van der Waals surface area contributed by atoms with Crippen molar-refractivity contribution in [1.29, 1.82) is 0 Å². The van der Waals surface area contributed by atoms with Gasteiger partial charge in [-0.25, -0.2) is 13.2 Å². The van der Waals surface area contributed by atoms with Gasteiger partial charge >= 0.3 is 6.09 Å². The third-order valence-corrected chi connectivity index (χ3v) is 11.7. The van der Waals surface area contributed by atoms with E-state index in [2.05, 4.69) is 27.1 Å². The predicted octanol–water partition coefficient (Wildman–Crippen LogP) is 4.39. The lowest BCUT2D eigenvalue weighted by atomic mass is 9.85. The minimum absolute atomic E-state index is 0.0123. The van der Waals surface area contributed by atoms with Gasteiger partial charge in [-0.15, -0.1) is 6.58 Å². The molecule has 3 fully saturated rings. The number of benzene rings is 2. The zero-order valence-electron chi connectivity index (χ0n) is 31.5. The van der Waals surface area contributed by atoms with Crippen LogP contribution in [0.2, 0.25) is 0 Å². The van der Waals surface area contributed by atoms with Gasteiger partial charge in [0.25, 0.3) is 5.91 Å². The van der Waals surface area contributed by atoms with E-state index in [0.29, 0.717) is 46.6 Å². The van der Waals surface area contributed by atoms with E-state index in [1.54, 1.807) is 47.6 Å². The molecule has 15 heteroatoms. The maximum Gasteiger partial charge on any atom is 0.408 e. The fourth-order valence-electron chi connectivity index (χ4n) is 6.89. The van der Waals surface area contributed by atoms with Crippen LogP contribution in [0.3, 0.4) is 0 Å². The molecule has 54 heavy (non-hydrogen) atoms. The minimum Gasteiger partial charge on any atom is -0.456 e. The number of rotatable bonds is 11. The van der Waals surface area contributed by atoms with E-state index in [0.717, 1.165) is 0 Å². The molecule has 290 valence electrons. The standard InChI is InChI=1S/C39H49N5O9S/c1-8-13-23-21-39(23,35(47)43-54(49,50)25-18-19-25)41-33(45)28-20-24(22-44(28)34(46)32(37(2,3)4)40-36(48)52-38(5,6)7)53-42-31-26-14-9-11-16-29(26)51-30-17-12-10-15-27(30)31/h8-12,14-17,23-25,28,32H,1,13,18-22H2,2-7H3,(H,40,48)(H,41,45)(H,43,47)/t23-,24-,28+,32-,39-/m1/s1. The number of fused-ring (bicyclic) bond motifs is 2. The molecule has 1 aliphatic heterocycles. The fourth-order valence-corrected chi connectivity index (χ4v) is 8.25. The van der Waals surface area contributed by atoms with E-state index in [9.17, 15) is 27.6 Å². The summed E-state index contributed by atoms with van der Waals surface area (Å²) >= 11 is 0. The summed E-state index contributed by atoms with van der Waals surface area (Å²) in [5, 5.41) is 11.4. The Labute approximate surface area is 314 Å². The van der Waals surface area contributed by atoms with Gasteiger partial charge in [-0.3, -0.25) is 19.1 Å². The van der Waals surface area contributed by atoms with Crippen LogP contribution in [0.4, 0.5) is 4.79 Å². The lowest BCUT2D eigenvalue weighted by Crippen LogP contribution is -2.60. The van der Waals surface area contributed by atoms with E-state index < -0.39 is 79.7 Å². The van der Waals surface area contributed by atoms with E-state index in [-0.39, 0.29) is 19.4 Å².